The fourth-order valence-corrected chi connectivity index (χ4v) is 19.2. The first-order valence-corrected chi connectivity index (χ1v) is 34.8. The fraction of sp³-hybridized carbons (Fsp3) is 0.606. The number of carboxylic acid groups (broad SMARTS) is 1. The largest absolute Gasteiger partial charge is 0.481 e. The first kappa shape index (κ1) is 67.6. The minimum absolute atomic E-state index is 0.0296. The molecule has 14 rings (SSSR count). The van der Waals surface area contributed by atoms with Crippen molar-refractivity contribution >= 4 is 93.2 Å². The van der Waals surface area contributed by atoms with Crippen molar-refractivity contribution in [1.82, 2.24) is 20.6 Å². The third kappa shape index (κ3) is 12.3. The van der Waals surface area contributed by atoms with E-state index in [9.17, 15) is 33.9 Å². The normalized spacial score (nSPS) is 31.0. The summed E-state index contributed by atoms with van der Waals surface area (Å²) in [5.74, 6) is -5.80. The van der Waals surface area contributed by atoms with E-state index in [1.54, 1.807) is 36.4 Å². The Morgan fingerprint density at radius 3 is 1.41 bits per heavy atom. The monoisotopic (exact) mass is 1360 g/mol. The van der Waals surface area contributed by atoms with Gasteiger partial charge in [0.25, 0.3) is 0 Å². The van der Waals surface area contributed by atoms with Crippen molar-refractivity contribution in [1.29, 1.82) is 0 Å². The van der Waals surface area contributed by atoms with E-state index in [0.29, 0.717) is 84.8 Å². The van der Waals surface area contributed by atoms with Gasteiger partial charge in [0, 0.05) is 114 Å². The summed E-state index contributed by atoms with van der Waals surface area (Å²) in [4.78, 5) is 88.2. The van der Waals surface area contributed by atoms with Gasteiger partial charge in [0.15, 0.2) is 21.9 Å². The smallest absolute Gasteiger partial charge is 0.307 e. The first-order valence-electron chi connectivity index (χ1n) is 33.3. The maximum absolute atomic E-state index is 16.1. The molecule has 2 aromatic heterocycles. The number of aromatic nitrogens is 2. The SMILES string of the molecule is CC1(C)CCC2(CC1)C[C@@H](C(=O)CC1CC(C(=O)NC3CCOCC3)C1)[C@H](c1ccnc(Cl)c1F)[C@]21C(=O)Nc2cc(Cl)ccc21.CC1(C)CCC2(CC1)C[C@@H](C(=O)O)[C@H](c1ccnc(Cl)c1F)C21C(=O)Nc2cc(Cl)ccc21.NC1CC(C(=O)NC2CCOCC2)C1. The number of nitrogens with zero attached hydrogens (tertiary/aromatic N) is 2. The average molecular weight is 1360 g/mol. The standard InChI is InChI=1S/C36H42Cl2FN3O4.C25H25Cl2FN2O3.C10H18N2O2/c1-34(2)8-10-35(11-9-34)19-25(28(43)17-20-15-21(16-20)32(44)41-23-6-13-46-14-7-23)29(24-5-12-40-31(38)30(24)39)36(35)26-4-3-22(37)18-27(26)42-33(36)45;1-23(2)6-8-24(9-7-23)12-15(21(31)32)18(14-5-10-29-20(27)19(14)28)25(24)16-4-3-13(26)11-17(16)30-22(25)33;11-8-5-7(6-8)10(13)12-9-1-3-14-4-2-9/h3-5,12,18,20-21,23,25,29H,6-11,13-17,19H2,1-2H3,(H,41,44)(H,42,45);3-5,10-11,15,18H,6-9,12H2,1-2H3,(H,30,33)(H,31,32);7-9H,1-6,11H2,(H,12,13)/t20?,21?,25-,29-,36+;15-,18+,25?;/m01./s1. The van der Waals surface area contributed by atoms with E-state index in [1.165, 1.54) is 18.5 Å². The van der Waals surface area contributed by atoms with Gasteiger partial charge >= 0.3 is 5.97 Å². The molecule has 6 aliphatic carbocycles. The maximum atomic E-state index is 16.1. The van der Waals surface area contributed by atoms with Crippen LogP contribution in [0.5, 0.6) is 0 Å². The van der Waals surface area contributed by atoms with E-state index in [-0.39, 0.29) is 97.9 Å². The number of hydrogen-bond acceptors (Lipinski definition) is 11. The number of hydrogen-bond donors (Lipinski definition) is 6. The highest BCUT2D eigenvalue weighted by Crippen LogP contribution is 2.74. The van der Waals surface area contributed by atoms with Crippen LogP contribution in [-0.4, -0.2) is 95.0 Å². The molecule has 4 aliphatic heterocycles. The number of anilines is 2. The molecule has 6 atom stereocenters. The minimum Gasteiger partial charge on any atom is -0.481 e. The summed E-state index contributed by atoms with van der Waals surface area (Å²) in [5.41, 5.74) is 5.24. The van der Waals surface area contributed by atoms with Gasteiger partial charge in [0.2, 0.25) is 23.6 Å². The number of Topliss-reactive ketones (excluding diaryl/α,β-unsaturated/α-hetero) is 1. The van der Waals surface area contributed by atoms with Crippen LogP contribution in [0, 0.1) is 62.9 Å². The Kier molecular flexibility index (Phi) is 19.1. The molecule has 2 aromatic carbocycles. The number of aliphatic carboxylic acids is 1. The van der Waals surface area contributed by atoms with Crippen molar-refractivity contribution in [2.24, 2.45) is 57.0 Å². The number of carboxylic acids is 1. The summed E-state index contributed by atoms with van der Waals surface area (Å²) >= 11 is 25.0. The number of carbonyl (C=O) groups excluding carboxylic acids is 5. The van der Waals surface area contributed by atoms with Crippen molar-refractivity contribution in [2.45, 2.75) is 190 Å². The summed E-state index contributed by atoms with van der Waals surface area (Å²) in [6.45, 7) is 11.7. The molecular weight excluding hydrogens is 1270 g/mol. The summed E-state index contributed by atoms with van der Waals surface area (Å²) in [7, 11) is 0. The topological polar surface area (TPSA) is 241 Å². The molecule has 0 bridgehead atoms. The molecule has 4 aromatic rings. The van der Waals surface area contributed by atoms with Crippen molar-refractivity contribution in [3.63, 3.8) is 0 Å². The molecule has 0 radical (unpaired) electrons. The molecule has 22 heteroatoms. The number of ketones is 1. The van der Waals surface area contributed by atoms with Gasteiger partial charge in [-0.3, -0.25) is 28.8 Å². The minimum atomic E-state index is -1.25. The number of nitrogens with two attached hydrogens (primary N) is 1. The summed E-state index contributed by atoms with van der Waals surface area (Å²) in [6.07, 6.45) is 16.8. The molecule has 6 saturated carbocycles. The van der Waals surface area contributed by atoms with Gasteiger partial charge in [-0.2, -0.15) is 0 Å². The summed E-state index contributed by atoms with van der Waals surface area (Å²) in [6, 6.07) is 14.4. The van der Waals surface area contributed by atoms with Gasteiger partial charge in [0.1, 0.15) is 5.78 Å². The van der Waals surface area contributed by atoms with Gasteiger partial charge in [-0.15, -0.1) is 0 Å². The number of benzene rings is 2. The van der Waals surface area contributed by atoms with E-state index >= 15 is 8.78 Å². The molecule has 4 spiro atoms. The van der Waals surface area contributed by atoms with Crippen LogP contribution in [0.15, 0.2) is 60.9 Å². The van der Waals surface area contributed by atoms with Crippen LogP contribution in [0.4, 0.5) is 20.2 Å². The molecule has 7 N–H and O–H groups in total. The molecular formula is C71H85Cl4F2N7O9. The van der Waals surface area contributed by atoms with Gasteiger partial charge in [-0.25, -0.2) is 18.7 Å². The van der Waals surface area contributed by atoms with Crippen LogP contribution < -0.4 is 27.0 Å². The number of carbonyl (C=O) groups is 6. The average Bonchev–Trinajstić information content (AvgIpc) is 1.52. The molecule has 16 nitrogen and oxygen atoms in total. The quantitative estimate of drug-likeness (QED) is 0.0813. The number of pyridine rings is 2. The third-order valence-corrected chi connectivity index (χ3v) is 24.7. The van der Waals surface area contributed by atoms with Crippen molar-refractivity contribution < 1.29 is 52.1 Å². The zero-order valence-corrected chi connectivity index (χ0v) is 56.3. The molecule has 10 aliphatic rings. The molecule has 93 heavy (non-hydrogen) atoms. The number of fused-ring (bicyclic) bond motifs is 6. The van der Waals surface area contributed by atoms with Crippen molar-refractivity contribution in [2.75, 3.05) is 37.1 Å². The van der Waals surface area contributed by atoms with Crippen LogP contribution in [-0.2, 0) is 49.1 Å². The molecule has 1 unspecified atom stereocenters. The molecule has 500 valence electrons. The third-order valence-electron chi connectivity index (χ3n) is 23.7. The Morgan fingerprint density at radius 1 is 0.602 bits per heavy atom. The zero-order valence-electron chi connectivity index (χ0n) is 53.3. The fourth-order valence-electron chi connectivity index (χ4n) is 18.5. The Labute approximate surface area is 562 Å². The highest BCUT2D eigenvalue weighted by atomic mass is 35.5. The Morgan fingerprint density at radius 2 is 1.00 bits per heavy atom. The highest BCUT2D eigenvalue weighted by molar-refractivity contribution is 6.32. The molecule has 8 fully saturated rings. The molecule has 4 amide bonds. The Hall–Kier alpha value is -5.34. The van der Waals surface area contributed by atoms with Crippen molar-refractivity contribution in [3.8, 4) is 0 Å². The van der Waals surface area contributed by atoms with Crippen LogP contribution >= 0.6 is 46.4 Å². The van der Waals surface area contributed by atoms with Crippen LogP contribution in [0.2, 0.25) is 20.4 Å². The van der Waals surface area contributed by atoms with Crippen molar-refractivity contribution in [3.05, 3.63) is 115 Å². The Bertz CT molecular complexity index is 3570. The lowest BCUT2D eigenvalue weighted by Crippen LogP contribution is -2.52. The lowest BCUT2D eigenvalue weighted by molar-refractivity contribution is -0.142. The highest BCUT2D eigenvalue weighted by Gasteiger charge is 2.74. The van der Waals surface area contributed by atoms with Gasteiger partial charge in [0.05, 0.1) is 16.7 Å². The number of nitrogens with one attached hydrogen (secondary N) is 4. The molecule has 2 saturated heterocycles. The van der Waals surface area contributed by atoms with E-state index in [1.807, 2.05) is 6.07 Å². The Balaban J connectivity index is 0.000000153. The van der Waals surface area contributed by atoms with Gasteiger partial charge < -0.3 is 41.6 Å². The number of halogens is 6. The summed E-state index contributed by atoms with van der Waals surface area (Å²) in [5, 5.41) is 23.0. The number of ether oxygens (including phenoxy) is 2. The predicted octanol–water partition coefficient (Wildman–Crippen LogP) is 13.6. The second kappa shape index (κ2) is 26.2. The lowest BCUT2D eigenvalue weighted by atomic mass is 9.51. The number of rotatable bonds is 10. The van der Waals surface area contributed by atoms with Gasteiger partial charge in [-0.05, 0) is 202 Å². The maximum Gasteiger partial charge on any atom is 0.307 e. The van der Waals surface area contributed by atoms with E-state index in [2.05, 4.69) is 58.9 Å². The van der Waals surface area contributed by atoms with Crippen LogP contribution in [0.3, 0.4) is 0 Å². The second-order valence-electron chi connectivity index (χ2n) is 30.1. The van der Waals surface area contributed by atoms with Gasteiger partial charge in [-0.1, -0.05) is 86.2 Å². The van der Waals surface area contributed by atoms with E-state index in [0.717, 1.165) is 95.8 Å². The first-order chi connectivity index (χ1) is 44.2. The zero-order chi connectivity index (χ0) is 66.2. The van der Waals surface area contributed by atoms with Crippen LogP contribution in [0.25, 0.3) is 0 Å². The van der Waals surface area contributed by atoms with E-state index < -0.39 is 62.9 Å². The van der Waals surface area contributed by atoms with Crippen LogP contribution in [0.1, 0.15) is 184 Å². The molecule has 6 heterocycles. The second-order valence-corrected chi connectivity index (χ2v) is 31.7. The predicted molar refractivity (Wildman–Crippen MR) is 351 cm³/mol. The summed E-state index contributed by atoms with van der Waals surface area (Å²) < 4.78 is 42.2. The lowest BCUT2D eigenvalue weighted by Gasteiger charge is -2.51. The van der Waals surface area contributed by atoms with E-state index in [4.69, 9.17) is 61.6 Å². The number of amides is 4.